The Hall–Kier alpha value is -1.55. The van der Waals surface area contributed by atoms with Crippen LogP contribution < -0.4 is 10.5 Å². The molecule has 1 atom stereocenters. The fourth-order valence-electron chi connectivity index (χ4n) is 1.90. The molecule has 1 aromatic carbocycles. The van der Waals surface area contributed by atoms with Gasteiger partial charge in [0, 0.05) is 6.42 Å². The van der Waals surface area contributed by atoms with E-state index in [9.17, 15) is 4.79 Å². The molecule has 0 aliphatic heterocycles. The number of para-hydroxylation sites is 1. The quantitative estimate of drug-likeness (QED) is 0.857. The van der Waals surface area contributed by atoms with Gasteiger partial charge in [-0.05, 0) is 16.5 Å². The van der Waals surface area contributed by atoms with Crippen LogP contribution in [0.5, 0.6) is 5.75 Å². The zero-order valence-electron chi connectivity index (χ0n) is 11.4. The van der Waals surface area contributed by atoms with Crippen LogP contribution >= 0.6 is 0 Å². The fraction of sp³-hybridized carbons (Fsp3) is 0.500. The molecule has 4 nitrogen and oxygen atoms in total. The van der Waals surface area contributed by atoms with Crippen molar-refractivity contribution in [1.29, 1.82) is 0 Å². The van der Waals surface area contributed by atoms with Gasteiger partial charge < -0.3 is 15.6 Å². The van der Waals surface area contributed by atoms with Crippen molar-refractivity contribution >= 4 is 5.97 Å². The SMILES string of the molecule is COc1c(CC(N)C(=O)O)cccc1C(C)(C)C. The molecular formula is C14H21NO3. The molecule has 0 amide bonds. The lowest BCUT2D eigenvalue weighted by Crippen LogP contribution is -2.32. The van der Waals surface area contributed by atoms with Crippen molar-refractivity contribution in [2.24, 2.45) is 5.73 Å². The summed E-state index contributed by atoms with van der Waals surface area (Å²) in [6, 6.07) is 4.85. The Morgan fingerprint density at radius 1 is 1.44 bits per heavy atom. The van der Waals surface area contributed by atoms with Crippen molar-refractivity contribution in [2.45, 2.75) is 38.6 Å². The van der Waals surface area contributed by atoms with Gasteiger partial charge in [-0.25, -0.2) is 0 Å². The number of ether oxygens (including phenoxy) is 1. The normalized spacial score (nSPS) is 13.2. The van der Waals surface area contributed by atoms with Gasteiger partial charge >= 0.3 is 5.97 Å². The van der Waals surface area contributed by atoms with Gasteiger partial charge in [0.25, 0.3) is 0 Å². The summed E-state index contributed by atoms with van der Waals surface area (Å²) in [6.07, 6.45) is 0.266. The Kier molecular flexibility index (Phi) is 4.35. The molecule has 1 rings (SSSR count). The zero-order valence-corrected chi connectivity index (χ0v) is 11.4. The van der Waals surface area contributed by atoms with Crippen LogP contribution in [0, 0.1) is 0 Å². The van der Waals surface area contributed by atoms with E-state index in [1.807, 2.05) is 18.2 Å². The predicted molar refractivity (Wildman–Crippen MR) is 71.0 cm³/mol. The van der Waals surface area contributed by atoms with Crippen LogP contribution in [0.15, 0.2) is 18.2 Å². The van der Waals surface area contributed by atoms with Gasteiger partial charge in [0.05, 0.1) is 7.11 Å². The van der Waals surface area contributed by atoms with Crippen molar-refractivity contribution in [3.8, 4) is 5.75 Å². The molecule has 0 saturated heterocycles. The van der Waals surface area contributed by atoms with Crippen LogP contribution in [0.2, 0.25) is 0 Å². The summed E-state index contributed by atoms with van der Waals surface area (Å²) < 4.78 is 5.44. The average molecular weight is 251 g/mol. The van der Waals surface area contributed by atoms with Crippen LogP contribution in [-0.4, -0.2) is 24.2 Å². The van der Waals surface area contributed by atoms with Crippen LogP contribution in [0.3, 0.4) is 0 Å². The molecule has 1 aromatic rings. The van der Waals surface area contributed by atoms with E-state index < -0.39 is 12.0 Å². The number of methoxy groups -OCH3 is 1. The van der Waals surface area contributed by atoms with E-state index in [-0.39, 0.29) is 11.8 Å². The number of hydrogen-bond acceptors (Lipinski definition) is 3. The number of rotatable bonds is 4. The third kappa shape index (κ3) is 3.23. The molecule has 1 unspecified atom stereocenters. The van der Waals surface area contributed by atoms with Gasteiger partial charge in [-0.3, -0.25) is 4.79 Å². The molecule has 0 fully saturated rings. The van der Waals surface area contributed by atoms with Crippen LogP contribution in [-0.2, 0) is 16.6 Å². The van der Waals surface area contributed by atoms with E-state index in [2.05, 4.69) is 20.8 Å². The Morgan fingerprint density at radius 3 is 2.50 bits per heavy atom. The maximum atomic E-state index is 10.8. The highest BCUT2D eigenvalue weighted by Crippen LogP contribution is 2.34. The first-order valence-corrected chi connectivity index (χ1v) is 5.92. The number of carbonyl (C=O) groups is 1. The highest BCUT2D eigenvalue weighted by molar-refractivity contribution is 5.73. The molecule has 0 spiro atoms. The summed E-state index contributed by atoms with van der Waals surface area (Å²) >= 11 is 0. The minimum absolute atomic E-state index is 0.0608. The van der Waals surface area contributed by atoms with E-state index in [0.717, 1.165) is 16.9 Å². The Balaban J connectivity index is 3.17. The third-order valence-electron chi connectivity index (χ3n) is 2.87. The zero-order chi connectivity index (χ0) is 13.9. The predicted octanol–water partition coefficient (Wildman–Crippen LogP) is 1.95. The van der Waals surface area contributed by atoms with E-state index in [1.165, 1.54) is 0 Å². The first-order valence-electron chi connectivity index (χ1n) is 5.92. The first kappa shape index (κ1) is 14.5. The van der Waals surface area contributed by atoms with E-state index in [4.69, 9.17) is 15.6 Å². The van der Waals surface area contributed by atoms with Crippen molar-refractivity contribution in [3.63, 3.8) is 0 Å². The molecule has 4 heteroatoms. The average Bonchev–Trinajstić information content (AvgIpc) is 2.27. The van der Waals surface area contributed by atoms with Crippen molar-refractivity contribution in [1.82, 2.24) is 0 Å². The Bertz CT molecular complexity index is 435. The summed E-state index contributed by atoms with van der Waals surface area (Å²) in [5.41, 5.74) is 7.40. The molecule has 0 aliphatic rings. The van der Waals surface area contributed by atoms with E-state index in [1.54, 1.807) is 7.11 Å². The minimum Gasteiger partial charge on any atom is -0.496 e. The van der Waals surface area contributed by atoms with Gasteiger partial charge in [-0.2, -0.15) is 0 Å². The lowest BCUT2D eigenvalue weighted by Gasteiger charge is -2.24. The first-order chi connectivity index (χ1) is 8.27. The number of hydrogen-bond donors (Lipinski definition) is 2. The smallest absolute Gasteiger partial charge is 0.320 e. The van der Waals surface area contributed by atoms with Gasteiger partial charge in [0.2, 0.25) is 0 Å². The van der Waals surface area contributed by atoms with Gasteiger partial charge in [-0.1, -0.05) is 39.0 Å². The topological polar surface area (TPSA) is 72.5 Å². The standard InChI is InChI=1S/C14H21NO3/c1-14(2,3)10-7-5-6-9(12(10)18-4)8-11(15)13(16)17/h5-7,11H,8,15H2,1-4H3,(H,16,17). The third-order valence-corrected chi connectivity index (χ3v) is 2.87. The Labute approximate surface area is 108 Å². The van der Waals surface area contributed by atoms with Crippen molar-refractivity contribution < 1.29 is 14.6 Å². The highest BCUT2D eigenvalue weighted by Gasteiger charge is 2.22. The second-order valence-electron chi connectivity index (χ2n) is 5.40. The molecule has 3 N–H and O–H groups in total. The maximum absolute atomic E-state index is 10.8. The van der Waals surface area contributed by atoms with Crippen molar-refractivity contribution in [2.75, 3.05) is 7.11 Å². The molecule has 0 saturated carbocycles. The number of benzene rings is 1. The molecule has 0 aromatic heterocycles. The van der Waals surface area contributed by atoms with E-state index >= 15 is 0 Å². The molecule has 0 radical (unpaired) electrons. The van der Waals surface area contributed by atoms with Crippen LogP contribution in [0.25, 0.3) is 0 Å². The molecule has 100 valence electrons. The second kappa shape index (κ2) is 5.40. The van der Waals surface area contributed by atoms with Gasteiger partial charge in [0.15, 0.2) is 0 Å². The molecule has 18 heavy (non-hydrogen) atoms. The summed E-state index contributed by atoms with van der Waals surface area (Å²) in [6.45, 7) is 6.27. The summed E-state index contributed by atoms with van der Waals surface area (Å²) in [7, 11) is 1.60. The molecular weight excluding hydrogens is 230 g/mol. The molecule has 0 aliphatic carbocycles. The Morgan fingerprint density at radius 2 is 2.06 bits per heavy atom. The molecule has 0 heterocycles. The minimum atomic E-state index is -1.00. The summed E-state index contributed by atoms with van der Waals surface area (Å²) in [4.78, 5) is 10.8. The summed E-state index contributed by atoms with van der Waals surface area (Å²) in [5.74, 6) is -0.264. The highest BCUT2D eigenvalue weighted by atomic mass is 16.5. The maximum Gasteiger partial charge on any atom is 0.320 e. The van der Waals surface area contributed by atoms with Crippen LogP contribution in [0.1, 0.15) is 31.9 Å². The summed E-state index contributed by atoms with van der Waals surface area (Å²) in [5, 5.41) is 8.87. The fourth-order valence-corrected chi connectivity index (χ4v) is 1.90. The van der Waals surface area contributed by atoms with Gasteiger partial charge in [-0.15, -0.1) is 0 Å². The molecule has 0 bridgehead atoms. The van der Waals surface area contributed by atoms with Crippen molar-refractivity contribution in [3.05, 3.63) is 29.3 Å². The lowest BCUT2D eigenvalue weighted by atomic mass is 9.84. The number of aliphatic carboxylic acids is 1. The van der Waals surface area contributed by atoms with Gasteiger partial charge in [0.1, 0.15) is 11.8 Å². The largest absolute Gasteiger partial charge is 0.496 e. The number of carboxylic acid groups (broad SMARTS) is 1. The number of carboxylic acids is 1. The van der Waals surface area contributed by atoms with Crippen LogP contribution in [0.4, 0.5) is 0 Å². The van der Waals surface area contributed by atoms with E-state index in [0.29, 0.717) is 0 Å². The monoisotopic (exact) mass is 251 g/mol. The second-order valence-corrected chi connectivity index (χ2v) is 5.40. The lowest BCUT2D eigenvalue weighted by molar-refractivity contribution is -0.138. The number of nitrogens with two attached hydrogens (primary N) is 1.